The second kappa shape index (κ2) is 10.6. The van der Waals surface area contributed by atoms with E-state index in [2.05, 4.69) is 16.0 Å². The fraction of sp³-hybridized carbons (Fsp3) is 0.211. The highest BCUT2D eigenvalue weighted by Crippen LogP contribution is 2.17. The Bertz CT molecular complexity index is 845. The minimum atomic E-state index is -0.723. The van der Waals surface area contributed by atoms with E-state index >= 15 is 0 Å². The van der Waals surface area contributed by atoms with Crippen LogP contribution in [-0.4, -0.2) is 35.9 Å². The summed E-state index contributed by atoms with van der Waals surface area (Å²) in [4.78, 5) is 36.0. The van der Waals surface area contributed by atoms with Crippen LogP contribution in [0.15, 0.2) is 48.5 Å². The summed E-state index contributed by atoms with van der Waals surface area (Å²) in [6.07, 6.45) is 2.39. The molecule has 7 nitrogen and oxygen atoms in total. The Morgan fingerprint density at radius 2 is 1.64 bits per heavy atom. The van der Waals surface area contributed by atoms with Crippen LogP contribution in [0.5, 0.6) is 0 Å². The van der Waals surface area contributed by atoms with Crippen molar-refractivity contribution in [2.75, 3.05) is 22.6 Å². The number of carbonyl (C=O) groups excluding carboxylic acids is 3. The summed E-state index contributed by atoms with van der Waals surface area (Å²) in [7, 11) is 0. The van der Waals surface area contributed by atoms with Crippen LogP contribution in [0.1, 0.15) is 16.8 Å². The van der Waals surface area contributed by atoms with Crippen LogP contribution >= 0.6 is 23.4 Å². The fourth-order valence-electron chi connectivity index (χ4n) is 2.39. The van der Waals surface area contributed by atoms with E-state index < -0.39 is 18.0 Å². The lowest BCUT2D eigenvalue weighted by atomic mass is 10.1. The molecule has 0 spiro atoms. The molecular formula is C19H21ClN4O3S. The summed E-state index contributed by atoms with van der Waals surface area (Å²) in [6, 6.07) is 11.7. The number of hydrogen-bond donors (Lipinski definition) is 4. The van der Waals surface area contributed by atoms with E-state index in [1.165, 1.54) is 0 Å². The van der Waals surface area contributed by atoms with Gasteiger partial charge in [-0.2, -0.15) is 11.8 Å². The third-order valence-corrected chi connectivity index (χ3v) is 4.74. The lowest BCUT2D eigenvalue weighted by molar-refractivity contribution is -0.118. The predicted molar refractivity (Wildman–Crippen MR) is 114 cm³/mol. The van der Waals surface area contributed by atoms with Gasteiger partial charge in [0.25, 0.3) is 5.91 Å². The maximum absolute atomic E-state index is 12.7. The number of urea groups is 1. The highest BCUT2D eigenvalue weighted by atomic mass is 35.5. The Balaban J connectivity index is 2.07. The SMILES string of the molecule is CSCCC(NC(=O)c1ccccc1Cl)C(=O)Nc1ccc(NC(N)=O)cc1. The Labute approximate surface area is 172 Å². The highest BCUT2D eigenvalue weighted by molar-refractivity contribution is 7.98. The van der Waals surface area contributed by atoms with Gasteiger partial charge < -0.3 is 21.7 Å². The largest absolute Gasteiger partial charge is 0.351 e. The molecule has 0 aliphatic carbocycles. The molecule has 28 heavy (non-hydrogen) atoms. The van der Waals surface area contributed by atoms with E-state index in [-0.39, 0.29) is 5.91 Å². The van der Waals surface area contributed by atoms with Gasteiger partial charge in [0, 0.05) is 11.4 Å². The number of rotatable bonds is 8. The first-order valence-corrected chi connectivity index (χ1v) is 10.2. The molecule has 1 unspecified atom stereocenters. The van der Waals surface area contributed by atoms with Gasteiger partial charge in [0.1, 0.15) is 6.04 Å². The molecular weight excluding hydrogens is 400 g/mol. The van der Waals surface area contributed by atoms with E-state index in [0.717, 1.165) is 0 Å². The predicted octanol–water partition coefficient (Wildman–Crippen LogP) is 3.32. The van der Waals surface area contributed by atoms with Gasteiger partial charge in [-0.25, -0.2) is 4.79 Å². The van der Waals surface area contributed by atoms with E-state index in [9.17, 15) is 14.4 Å². The zero-order valence-corrected chi connectivity index (χ0v) is 16.8. The summed E-state index contributed by atoms with van der Waals surface area (Å²) in [6.45, 7) is 0. The average Bonchev–Trinajstić information content (AvgIpc) is 2.66. The van der Waals surface area contributed by atoms with Gasteiger partial charge >= 0.3 is 6.03 Å². The number of carbonyl (C=O) groups is 3. The standard InChI is InChI=1S/C19H21ClN4O3S/c1-28-11-10-16(24-17(25)14-4-2-3-5-15(14)20)18(26)22-12-6-8-13(9-7-12)23-19(21)27/h2-9,16H,10-11H2,1H3,(H,22,26)(H,24,25)(H3,21,23,27). The highest BCUT2D eigenvalue weighted by Gasteiger charge is 2.22. The number of anilines is 2. The molecule has 9 heteroatoms. The number of thioether (sulfide) groups is 1. The molecule has 0 bridgehead atoms. The Morgan fingerprint density at radius 3 is 2.21 bits per heavy atom. The van der Waals surface area contributed by atoms with Gasteiger partial charge in [-0.3, -0.25) is 9.59 Å². The van der Waals surface area contributed by atoms with Crippen LogP contribution in [-0.2, 0) is 4.79 Å². The first-order valence-electron chi connectivity index (χ1n) is 8.42. The number of nitrogens with one attached hydrogen (secondary N) is 3. The quantitative estimate of drug-likeness (QED) is 0.524. The van der Waals surface area contributed by atoms with Crippen LogP contribution in [0.4, 0.5) is 16.2 Å². The zero-order chi connectivity index (χ0) is 20.5. The molecule has 0 saturated carbocycles. The molecule has 2 aromatic rings. The van der Waals surface area contributed by atoms with Crippen molar-refractivity contribution >= 4 is 52.6 Å². The molecule has 2 aromatic carbocycles. The minimum absolute atomic E-state index is 0.313. The van der Waals surface area contributed by atoms with Gasteiger partial charge in [0.2, 0.25) is 5.91 Å². The second-order valence-corrected chi connectivity index (χ2v) is 7.24. The van der Waals surface area contributed by atoms with E-state index in [1.54, 1.807) is 60.3 Å². The average molecular weight is 421 g/mol. The van der Waals surface area contributed by atoms with Crippen LogP contribution < -0.4 is 21.7 Å². The van der Waals surface area contributed by atoms with Crippen LogP contribution in [0.3, 0.4) is 0 Å². The van der Waals surface area contributed by atoms with Crippen LogP contribution in [0, 0.1) is 0 Å². The fourth-order valence-corrected chi connectivity index (χ4v) is 3.09. The van der Waals surface area contributed by atoms with Crippen molar-refractivity contribution in [3.8, 4) is 0 Å². The summed E-state index contributed by atoms with van der Waals surface area (Å²) in [5.41, 5.74) is 6.42. The topological polar surface area (TPSA) is 113 Å². The molecule has 0 aliphatic rings. The summed E-state index contributed by atoms with van der Waals surface area (Å²) < 4.78 is 0. The third kappa shape index (κ3) is 6.47. The number of nitrogens with two attached hydrogens (primary N) is 1. The number of amides is 4. The van der Waals surface area contributed by atoms with E-state index in [4.69, 9.17) is 17.3 Å². The molecule has 1 atom stereocenters. The Morgan fingerprint density at radius 1 is 1.04 bits per heavy atom. The number of halogens is 1. The number of primary amides is 1. The molecule has 5 N–H and O–H groups in total. The molecule has 0 radical (unpaired) electrons. The Hall–Kier alpha value is -2.71. The van der Waals surface area contributed by atoms with Gasteiger partial charge in [-0.15, -0.1) is 0 Å². The van der Waals surface area contributed by atoms with Crippen molar-refractivity contribution in [3.05, 3.63) is 59.1 Å². The molecule has 4 amide bonds. The van der Waals surface area contributed by atoms with E-state index in [1.807, 2.05) is 6.26 Å². The van der Waals surface area contributed by atoms with Gasteiger partial charge in [0.05, 0.1) is 10.6 Å². The minimum Gasteiger partial charge on any atom is -0.351 e. The summed E-state index contributed by atoms with van der Waals surface area (Å²) in [5.74, 6) is -0.0551. The second-order valence-electron chi connectivity index (χ2n) is 5.84. The molecule has 0 aromatic heterocycles. The molecule has 148 valence electrons. The lowest BCUT2D eigenvalue weighted by Gasteiger charge is -2.19. The van der Waals surface area contributed by atoms with Crippen molar-refractivity contribution in [2.24, 2.45) is 5.73 Å². The summed E-state index contributed by atoms with van der Waals surface area (Å²) >= 11 is 7.64. The monoisotopic (exact) mass is 420 g/mol. The molecule has 0 heterocycles. The van der Waals surface area contributed by atoms with Crippen molar-refractivity contribution < 1.29 is 14.4 Å². The van der Waals surface area contributed by atoms with Crippen molar-refractivity contribution in [2.45, 2.75) is 12.5 Å². The number of hydrogen-bond acceptors (Lipinski definition) is 4. The third-order valence-electron chi connectivity index (χ3n) is 3.77. The van der Waals surface area contributed by atoms with Crippen molar-refractivity contribution in [1.29, 1.82) is 0 Å². The van der Waals surface area contributed by atoms with Crippen LogP contribution in [0.2, 0.25) is 5.02 Å². The van der Waals surface area contributed by atoms with E-state index in [0.29, 0.717) is 34.1 Å². The first-order chi connectivity index (χ1) is 13.4. The zero-order valence-electron chi connectivity index (χ0n) is 15.2. The van der Waals surface area contributed by atoms with Gasteiger partial charge in [0.15, 0.2) is 0 Å². The van der Waals surface area contributed by atoms with Crippen LogP contribution in [0.25, 0.3) is 0 Å². The smallest absolute Gasteiger partial charge is 0.316 e. The number of benzene rings is 2. The Kier molecular flexibility index (Phi) is 8.16. The molecule has 0 aliphatic heterocycles. The molecule has 0 fully saturated rings. The van der Waals surface area contributed by atoms with Crippen molar-refractivity contribution in [1.82, 2.24) is 5.32 Å². The first kappa shape index (κ1) is 21.6. The van der Waals surface area contributed by atoms with Crippen molar-refractivity contribution in [3.63, 3.8) is 0 Å². The van der Waals surface area contributed by atoms with Gasteiger partial charge in [-0.1, -0.05) is 23.7 Å². The molecule has 0 saturated heterocycles. The maximum atomic E-state index is 12.7. The maximum Gasteiger partial charge on any atom is 0.316 e. The lowest BCUT2D eigenvalue weighted by Crippen LogP contribution is -2.44. The molecule has 2 rings (SSSR count). The van der Waals surface area contributed by atoms with Gasteiger partial charge in [-0.05, 0) is 54.8 Å². The summed E-state index contributed by atoms with van der Waals surface area (Å²) in [5, 5.41) is 8.27. The normalized spacial score (nSPS) is 11.4.